The van der Waals surface area contributed by atoms with Crippen molar-refractivity contribution in [2.75, 3.05) is 13.1 Å². The molecular formula is C34H36N2O4. The van der Waals surface area contributed by atoms with Crippen LogP contribution < -0.4 is 20.1 Å². The van der Waals surface area contributed by atoms with Gasteiger partial charge in [-0.3, -0.25) is 9.59 Å². The second kappa shape index (κ2) is 14.5. The minimum absolute atomic E-state index is 0.217. The average molecular weight is 537 g/mol. The molecule has 4 aromatic carbocycles. The molecule has 40 heavy (non-hydrogen) atoms. The maximum Gasteiger partial charge on any atom is 0.261 e. The van der Waals surface area contributed by atoms with Crippen molar-refractivity contribution >= 4 is 11.8 Å². The first-order valence-corrected chi connectivity index (χ1v) is 13.8. The Morgan fingerprint density at radius 3 is 1.18 bits per heavy atom. The van der Waals surface area contributed by atoms with Crippen molar-refractivity contribution in [1.82, 2.24) is 10.6 Å². The molecule has 0 aliphatic heterocycles. The van der Waals surface area contributed by atoms with E-state index in [9.17, 15) is 9.59 Å². The molecule has 4 rings (SSSR count). The fourth-order valence-corrected chi connectivity index (χ4v) is 4.29. The van der Waals surface area contributed by atoms with Gasteiger partial charge in [0.05, 0.1) is 0 Å². The van der Waals surface area contributed by atoms with Crippen molar-refractivity contribution in [3.63, 3.8) is 0 Å². The summed E-state index contributed by atoms with van der Waals surface area (Å²) in [4.78, 5) is 25.4. The van der Waals surface area contributed by atoms with Crippen LogP contribution in [0.3, 0.4) is 0 Å². The minimum Gasteiger partial charge on any atom is -0.481 e. The van der Waals surface area contributed by atoms with E-state index in [1.807, 2.05) is 98.8 Å². The van der Waals surface area contributed by atoms with E-state index in [-0.39, 0.29) is 11.8 Å². The molecule has 4 aromatic rings. The van der Waals surface area contributed by atoms with Crippen LogP contribution in [0.2, 0.25) is 0 Å². The second-order valence-electron chi connectivity index (χ2n) is 9.39. The molecule has 6 heteroatoms. The van der Waals surface area contributed by atoms with Crippen LogP contribution in [0.5, 0.6) is 11.5 Å². The first-order chi connectivity index (χ1) is 19.6. The summed E-state index contributed by atoms with van der Waals surface area (Å²) in [5.74, 6) is 0.834. The fourth-order valence-electron chi connectivity index (χ4n) is 4.29. The van der Waals surface area contributed by atoms with Gasteiger partial charge in [0, 0.05) is 13.1 Å². The van der Waals surface area contributed by atoms with Crippen LogP contribution in [-0.2, 0) is 9.59 Å². The van der Waals surface area contributed by atoms with Gasteiger partial charge in [0.2, 0.25) is 0 Å². The second-order valence-corrected chi connectivity index (χ2v) is 9.39. The van der Waals surface area contributed by atoms with Gasteiger partial charge in [-0.15, -0.1) is 0 Å². The molecule has 0 bridgehead atoms. The van der Waals surface area contributed by atoms with Gasteiger partial charge in [-0.2, -0.15) is 0 Å². The lowest BCUT2D eigenvalue weighted by atomic mass is 10.1. The van der Waals surface area contributed by atoms with Crippen LogP contribution >= 0.6 is 0 Å². The van der Waals surface area contributed by atoms with Gasteiger partial charge in [0.25, 0.3) is 11.8 Å². The highest BCUT2D eigenvalue weighted by atomic mass is 16.5. The highest BCUT2D eigenvalue weighted by Crippen LogP contribution is 2.24. The number of hydrogen-bond donors (Lipinski definition) is 2. The van der Waals surface area contributed by atoms with E-state index in [2.05, 4.69) is 34.9 Å². The summed E-state index contributed by atoms with van der Waals surface area (Å²) in [5.41, 5.74) is 4.41. The summed E-state index contributed by atoms with van der Waals surface area (Å²) < 4.78 is 11.9. The summed E-state index contributed by atoms with van der Waals surface area (Å²) in [7, 11) is 0. The molecule has 2 amide bonds. The first-order valence-electron chi connectivity index (χ1n) is 13.8. The summed E-state index contributed by atoms with van der Waals surface area (Å²) in [6.45, 7) is 4.39. The maximum atomic E-state index is 12.7. The summed E-state index contributed by atoms with van der Waals surface area (Å²) in [5, 5.41) is 5.71. The number of ether oxygens (including phenoxy) is 2. The number of benzene rings is 4. The molecule has 0 fully saturated rings. The third kappa shape index (κ3) is 7.96. The predicted molar refractivity (Wildman–Crippen MR) is 159 cm³/mol. The summed E-state index contributed by atoms with van der Waals surface area (Å²) >= 11 is 0. The molecule has 0 radical (unpaired) electrons. The Labute approximate surface area is 236 Å². The quantitative estimate of drug-likeness (QED) is 0.198. The highest BCUT2D eigenvalue weighted by Gasteiger charge is 2.20. The number of nitrogens with one attached hydrogen (secondary N) is 2. The van der Waals surface area contributed by atoms with E-state index in [1.54, 1.807) is 0 Å². The van der Waals surface area contributed by atoms with Crippen molar-refractivity contribution in [3.05, 3.63) is 109 Å². The van der Waals surface area contributed by atoms with Crippen LogP contribution in [0.15, 0.2) is 109 Å². The van der Waals surface area contributed by atoms with Gasteiger partial charge in [0.15, 0.2) is 12.2 Å². The van der Waals surface area contributed by atoms with Crippen molar-refractivity contribution in [1.29, 1.82) is 0 Å². The molecule has 0 aliphatic carbocycles. The lowest BCUT2D eigenvalue weighted by Crippen LogP contribution is -2.44. The Kier molecular flexibility index (Phi) is 10.3. The van der Waals surface area contributed by atoms with E-state index >= 15 is 0 Å². The van der Waals surface area contributed by atoms with E-state index in [1.165, 1.54) is 0 Å². The van der Waals surface area contributed by atoms with Crippen molar-refractivity contribution in [2.45, 2.75) is 38.9 Å². The molecule has 2 unspecified atom stereocenters. The van der Waals surface area contributed by atoms with Gasteiger partial charge in [0.1, 0.15) is 11.5 Å². The largest absolute Gasteiger partial charge is 0.481 e. The zero-order valence-corrected chi connectivity index (χ0v) is 23.0. The number of rotatable bonds is 13. The molecule has 2 N–H and O–H groups in total. The first kappa shape index (κ1) is 28.4. The lowest BCUT2D eigenvalue weighted by Gasteiger charge is -2.19. The lowest BCUT2D eigenvalue weighted by molar-refractivity contribution is -0.129. The van der Waals surface area contributed by atoms with Crippen LogP contribution in [0.1, 0.15) is 26.7 Å². The Morgan fingerprint density at radius 1 is 0.525 bits per heavy atom. The van der Waals surface area contributed by atoms with E-state index in [0.29, 0.717) is 37.4 Å². The molecule has 0 heterocycles. The Hall–Kier alpha value is -4.58. The monoisotopic (exact) mass is 536 g/mol. The zero-order valence-electron chi connectivity index (χ0n) is 23.0. The highest BCUT2D eigenvalue weighted by molar-refractivity contribution is 5.82. The SMILES string of the molecule is CCC(Oc1ccc(-c2ccccc2)cc1)C(=O)NCCNC(=O)C(CC)Oc1ccc(-c2ccccc2)cc1. The summed E-state index contributed by atoms with van der Waals surface area (Å²) in [6, 6.07) is 35.6. The topological polar surface area (TPSA) is 76.7 Å². The molecule has 0 saturated carbocycles. The molecule has 2 atom stereocenters. The number of hydrogen-bond acceptors (Lipinski definition) is 4. The fraction of sp³-hybridized carbons (Fsp3) is 0.235. The van der Waals surface area contributed by atoms with E-state index in [0.717, 1.165) is 22.3 Å². The third-order valence-electron chi connectivity index (χ3n) is 6.53. The normalized spacial score (nSPS) is 12.2. The standard InChI is InChI=1S/C34H36N2O4/c1-3-31(39-29-19-15-27(16-20-29)25-11-7-5-8-12-25)33(37)35-23-24-36-34(38)32(4-2)40-30-21-17-28(18-22-30)26-13-9-6-10-14-26/h5-22,31-32H,3-4,23-24H2,1-2H3,(H,35,37)(H,36,38). The van der Waals surface area contributed by atoms with Crippen molar-refractivity contribution < 1.29 is 19.1 Å². The minimum atomic E-state index is -0.621. The maximum absolute atomic E-state index is 12.7. The van der Waals surface area contributed by atoms with Crippen LogP contribution in [0.4, 0.5) is 0 Å². The molecule has 0 saturated heterocycles. The Morgan fingerprint density at radius 2 is 0.850 bits per heavy atom. The Bertz CT molecular complexity index is 1230. The van der Waals surface area contributed by atoms with Gasteiger partial charge in [-0.1, -0.05) is 98.8 Å². The molecular weight excluding hydrogens is 500 g/mol. The predicted octanol–water partition coefficient (Wildman–Crippen LogP) is 6.27. The third-order valence-corrected chi connectivity index (χ3v) is 6.53. The smallest absolute Gasteiger partial charge is 0.261 e. The van der Waals surface area contributed by atoms with E-state index in [4.69, 9.17) is 9.47 Å². The number of carbonyl (C=O) groups is 2. The van der Waals surface area contributed by atoms with Crippen molar-refractivity contribution in [3.8, 4) is 33.8 Å². The number of amides is 2. The van der Waals surface area contributed by atoms with Crippen LogP contribution in [0.25, 0.3) is 22.3 Å². The van der Waals surface area contributed by atoms with Gasteiger partial charge in [-0.05, 0) is 59.4 Å². The molecule has 0 aromatic heterocycles. The van der Waals surface area contributed by atoms with Gasteiger partial charge < -0.3 is 20.1 Å². The Balaban J connectivity index is 1.20. The molecule has 0 spiro atoms. The molecule has 206 valence electrons. The van der Waals surface area contributed by atoms with Gasteiger partial charge >= 0.3 is 0 Å². The summed E-state index contributed by atoms with van der Waals surface area (Å²) in [6.07, 6.45) is -0.200. The van der Waals surface area contributed by atoms with Crippen LogP contribution in [-0.4, -0.2) is 37.1 Å². The zero-order chi connectivity index (χ0) is 28.2. The van der Waals surface area contributed by atoms with E-state index < -0.39 is 12.2 Å². The average Bonchev–Trinajstić information content (AvgIpc) is 3.02. The molecule has 6 nitrogen and oxygen atoms in total. The van der Waals surface area contributed by atoms with Crippen LogP contribution in [0, 0.1) is 0 Å². The van der Waals surface area contributed by atoms with Crippen molar-refractivity contribution in [2.24, 2.45) is 0 Å². The number of carbonyl (C=O) groups excluding carboxylic acids is 2. The molecule has 0 aliphatic rings. The van der Waals surface area contributed by atoms with Gasteiger partial charge in [-0.25, -0.2) is 0 Å².